The Hall–Kier alpha value is -1.43. The second-order valence-corrected chi connectivity index (χ2v) is 6.82. The molecule has 2 rings (SSSR count). The first-order chi connectivity index (χ1) is 8.86. The van der Waals surface area contributed by atoms with Crippen molar-refractivity contribution >= 4 is 20.8 Å². The minimum Gasteiger partial charge on any atom is -0.329 e. The fraction of sp³-hybridized carbons (Fsp3) is 0.286. The Labute approximate surface area is 113 Å². The van der Waals surface area contributed by atoms with E-state index in [0.29, 0.717) is 5.39 Å². The van der Waals surface area contributed by atoms with Crippen molar-refractivity contribution in [1.29, 1.82) is 0 Å². The molecule has 0 heterocycles. The van der Waals surface area contributed by atoms with Crippen LogP contribution < -0.4 is 10.5 Å². The molecule has 0 aliphatic rings. The largest absolute Gasteiger partial charge is 0.329 e. The Balaban J connectivity index is 2.55. The zero-order valence-electron chi connectivity index (χ0n) is 11.1. The third-order valence-corrected chi connectivity index (χ3v) is 4.72. The van der Waals surface area contributed by atoms with Crippen molar-refractivity contribution in [2.24, 2.45) is 5.73 Å². The molecule has 0 bridgehead atoms. The maximum atomic E-state index is 12.5. The number of sulfonamides is 1. The van der Waals surface area contributed by atoms with Crippen molar-refractivity contribution in [3.63, 3.8) is 0 Å². The Kier molecular flexibility index (Phi) is 3.62. The molecular weight excluding hydrogens is 260 g/mol. The quantitative estimate of drug-likeness (QED) is 0.896. The third kappa shape index (κ3) is 2.94. The lowest BCUT2D eigenvalue weighted by Crippen LogP contribution is -2.48. The van der Waals surface area contributed by atoms with E-state index in [1.165, 1.54) is 0 Å². The van der Waals surface area contributed by atoms with Crippen LogP contribution in [-0.2, 0) is 10.0 Å². The lowest BCUT2D eigenvalue weighted by atomic mass is 10.1. The molecule has 19 heavy (non-hydrogen) atoms. The Morgan fingerprint density at radius 2 is 1.74 bits per heavy atom. The zero-order valence-corrected chi connectivity index (χ0v) is 11.9. The molecule has 2 aromatic carbocycles. The molecular formula is C14H18N2O2S. The maximum Gasteiger partial charge on any atom is 0.241 e. The summed E-state index contributed by atoms with van der Waals surface area (Å²) in [5.74, 6) is 0. The van der Waals surface area contributed by atoms with Crippen molar-refractivity contribution in [2.75, 3.05) is 6.54 Å². The molecule has 0 aromatic heterocycles. The van der Waals surface area contributed by atoms with Crippen LogP contribution in [0.15, 0.2) is 47.4 Å². The number of rotatable bonds is 4. The summed E-state index contributed by atoms with van der Waals surface area (Å²) in [5, 5.41) is 1.61. The van der Waals surface area contributed by atoms with Crippen LogP contribution in [0.2, 0.25) is 0 Å². The van der Waals surface area contributed by atoms with Gasteiger partial charge in [-0.1, -0.05) is 36.4 Å². The number of fused-ring (bicyclic) bond motifs is 1. The molecule has 0 unspecified atom stereocenters. The van der Waals surface area contributed by atoms with Crippen LogP contribution in [0.5, 0.6) is 0 Å². The molecule has 4 nitrogen and oxygen atoms in total. The van der Waals surface area contributed by atoms with Crippen molar-refractivity contribution in [3.8, 4) is 0 Å². The Morgan fingerprint density at radius 3 is 2.42 bits per heavy atom. The van der Waals surface area contributed by atoms with Gasteiger partial charge in [0.15, 0.2) is 0 Å². The summed E-state index contributed by atoms with van der Waals surface area (Å²) in [6.07, 6.45) is 0. The van der Waals surface area contributed by atoms with Gasteiger partial charge < -0.3 is 5.73 Å². The van der Waals surface area contributed by atoms with Gasteiger partial charge in [0.05, 0.1) is 4.90 Å². The van der Waals surface area contributed by atoms with E-state index in [1.54, 1.807) is 32.0 Å². The molecule has 0 spiro atoms. The monoisotopic (exact) mass is 278 g/mol. The van der Waals surface area contributed by atoms with Crippen molar-refractivity contribution in [2.45, 2.75) is 24.3 Å². The fourth-order valence-electron chi connectivity index (χ4n) is 1.89. The minimum absolute atomic E-state index is 0.233. The first kappa shape index (κ1) is 14.0. The van der Waals surface area contributed by atoms with Crippen LogP contribution in [0, 0.1) is 0 Å². The van der Waals surface area contributed by atoms with Crippen LogP contribution in [0.1, 0.15) is 13.8 Å². The molecule has 0 atom stereocenters. The maximum absolute atomic E-state index is 12.5. The van der Waals surface area contributed by atoms with Crippen molar-refractivity contribution in [3.05, 3.63) is 42.5 Å². The summed E-state index contributed by atoms with van der Waals surface area (Å²) in [5.41, 5.74) is 4.91. The Morgan fingerprint density at radius 1 is 1.11 bits per heavy atom. The Bertz CT molecular complexity index is 688. The highest BCUT2D eigenvalue weighted by Crippen LogP contribution is 2.23. The van der Waals surface area contributed by atoms with Gasteiger partial charge in [0.2, 0.25) is 10.0 Å². The van der Waals surface area contributed by atoms with E-state index < -0.39 is 15.6 Å². The van der Waals surface area contributed by atoms with E-state index >= 15 is 0 Å². The standard InChI is InChI=1S/C14H18N2O2S/c1-14(2,10-15)16-19(17,18)13-9-5-7-11-6-3-4-8-12(11)13/h3-9,16H,10,15H2,1-2H3. The van der Waals surface area contributed by atoms with Crippen LogP contribution in [0.4, 0.5) is 0 Å². The SMILES string of the molecule is CC(C)(CN)NS(=O)(=O)c1cccc2ccccc12. The highest BCUT2D eigenvalue weighted by atomic mass is 32.2. The molecule has 0 amide bonds. The van der Waals surface area contributed by atoms with Crippen LogP contribution in [-0.4, -0.2) is 20.5 Å². The van der Waals surface area contributed by atoms with Gasteiger partial charge in [-0.2, -0.15) is 0 Å². The molecule has 3 N–H and O–H groups in total. The second-order valence-electron chi connectivity index (χ2n) is 5.17. The molecule has 0 radical (unpaired) electrons. The van der Waals surface area contributed by atoms with E-state index in [0.717, 1.165) is 5.39 Å². The van der Waals surface area contributed by atoms with Gasteiger partial charge in [-0.15, -0.1) is 0 Å². The van der Waals surface area contributed by atoms with E-state index in [-0.39, 0.29) is 11.4 Å². The summed E-state index contributed by atoms with van der Waals surface area (Å²) in [4.78, 5) is 0.284. The smallest absolute Gasteiger partial charge is 0.241 e. The topological polar surface area (TPSA) is 72.2 Å². The highest BCUT2D eigenvalue weighted by Gasteiger charge is 2.25. The highest BCUT2D eigenvalue weighted by molar-refractivity contribution is 7.89. The molecule has 0 saturated carbocycles. The number of hydrogen-bond acceptors (Lipinski definition) is 3. The van der Waals surface area contributed by atoms with Gasteiger partial charge >= 0.3 is 0 Å². The van der Waals surface area contributed by atoms with E-state index in [9.17, 15) is 8.42 Å². The van der Waals surface area contributed by atoms with E-state index in [2.05, 4.69) is 4.72 Å². The van der Waals surface area contributed by atoms with Crippen molar-refractivity contribution in [1.82, 2.24) is 4.72 Å². The molecule has 5 heteroatoms. The second kappa shape index (κ2) is 4.92. The van der Waals surface area contributed by atoms with Gasteiger partial charge in [-0.3, -0.25) is 0 Å². The lowest BCUT2D eigenvalue weighted by molar-refractivity contribution is 0.463. The van der Waals surface area contributed by atoms with Gasteiger partial charge in [0, 0.05) is 17.5 Å². The number of hydrogen-bond donors (Lipinski definition) is 2. The molecule has 102 valence electrons. The first-order valence-corrected chi connectivity index (χ1v) is 7.56. The third-order valence-electron chi connectivity index (χ3n) is 2.96. The number of nitrogens with one attached hydrogen (secondary N) is 1. The van der Waals surface area contributed by atoms with E-state index in [1.807, 2.05) is 24.3 Å². The van der Waals surface area contributed by atoms with Crippen LogP contribution in [0.25, 0.3) is 10.8 Å². The molecule has 0 fully saturated rings. The normalized spacial score (nSPS) is 12.8. The van der Waals surface area contributed by atoms with Crippen molar-refractivity contribution < 1.29 is 8.42 Å². The average Bonchev–Trinajstić information content (AvgIpc) is 2.37. The average molecular weight is 278 g/mol. The predicted octanol–water partition coefficient (Wildman–Crippen LogP) is 1.86. The molecule has 0 aliphatic carbocycles. The summed E-state index contributed by atoms with van der Waals surface area (Å²) >= 11 is 0. The zero-order chi connectivity index (χ0) is 14.1. The van der Waals surface area contributed by atoms with Gasteiger partial charge in [-0.05, 0) is 25.3 Å². The van der Waals surface area contributed by atoms with E-state index in [4.69, 9.17) is 5.73 Å². The fourth-order valence-corrected chi connectivity index (χ4v) is 3.54. The summed E-state index contributed by atoms with van der Waals surface area (Å²) in [6.45, 7) is 3.75. The molecule has 2 aromatic rings. The summed E-state index contributed by atoms with van der Waals surface area (Å²) in [7, 11) is -3.59. The lowest BCUT2D eigenvalue weighted by Gasteiger charge is -2.24. The van der Waals surface area contributed by atoms with Gasteiger partial charge in [0.25, 0.3) is 0 Å². The number of nitrogens with two attached hydrogens (primary N) is 1. The predicted molar refractivity (Wildman–Crippen MR) is 77.4 cm³/mol. The van der Waals surface area contributed by atoms with Gasteiger partial charge in [-0.25, -0.2) is 13.1 Å². The van der Waals surface area contributed by atoms with Crippen LogP contribution in [0.3, 0.4) is 0 Å². The minimum atomic E-state index is -3.59. The van der Waals surface area contributed by atoms with Crippen LogP contribution >= 0.6 is 0 Å². The number of benzene rings is 2. The first-order valence-electron chi connectivity index (χ1n) is 6.07. The molecule has 0 saturated heterocycles. The van der Waals surface area contributed by atoms with Gasteiger partial charge in [0.1, 0.15) is 0 Å². The summed E-state index contributed by atoms with van der Waals surface area (Å²) < 4.78 is 27.5. The molecule has 0 aliphatic heterocycles. The summed E-state index contributed by atoms with van der Waals surface area (Å²) in [6, 6.07) is 12.7.